The van der Waals surface area contributed by atoms with Gasteiger partial charge in [-0.25, -0.2) is 0 Å². The number of piperazine rings is 1. The normalized spacial score (nSPS) is 19.5. The highest BCUT2D eigenvalue weighted by atomic mass is 32.2. The highest BCUT2D eigenvalue weighted by Gasteiger charge is 2.14. The third kappa shape index (κ3) is 5.53. The van der Waals surface area contributed by atoms with E-state index in [1.807, 2.05) is 6.07 Å². The topological polar surface area (TPSA) is 30.3 Å². The molecule has 1 aliphatic heterocycles. The van der Waals surface area contributed by atoms with Gasteiger partial charge in [-0.05, 0) is 32.1 Å². The Balaban J connectivity index is 1.61. The molecule has 2 rings (SSSR count). The first-order chi connectivity index (χ1) is 9.24. The number of rotatable bonds is 6. The minimum atomic E-state index is 0.0462. The standard InChI is InChI=1S/C15H24N3S/c1-17-9-11-18(12-10-17)8-7-14(16)13-19-15-5-3-2-4-6-15/h2-6,14,16H,7-13H2,1H3/t14-/m1/s1. The Labute approximate surface area is 121 Å². The summed E-state index contributed by atoms with van der Waals surface area (Å²) in [5.74, 6) is 0.901. The van der Waals surface area contributed by atoms with Gasteiger partial charge in [0.1, 0.15) is 0 Å². The zero-order valence-corrected chi connectivity index (χ0v) is 12.5. The minimum absolute atomic E-state index is 0.0462. The molecule has 1 atom stereocenters. The van der Waals surface area contributed by atoms with Gasteiger partial charge >= 0.3 is 0 Å². The first-order valence-corrected chi connectivity index (χ1v) is 8.02. The fraction of sp³-hybridized carbons (Fsp3) is 0.600. The molecule has 0 aliphatic carbocycles. The van der Waals surface area contributed by atoms with Gasteiger partial charge in [0.2, 0.25) is 0 Å². The summed E-state index contributed by atoms with van der Waals surface area (Å²) in [5, 5.41) is 0. The highest BCUT2D eigenvalue weighted by molar-refractivity contribution is 7.99. The lowest BCUT2D eigenvalue weighted by Crippen LogP contribution is -2.45. The number of nitrogens with one attached hydrogen (secondary N) is 1. The van der Waals surface area contributed by atoms with Crippen LogP contribution >= 0.6 is 11.8 Å². The molecular weight excluding hydrogens is 254 g/mol. The molecule has 1 aromatic rings. The molecule has 1 radical (unpaired) electrons. The van der Waals surface area contributed by atoms with Crippen LogP contribution in [0.1, 0.15) is 6.42 Å². The largest absolute Gasteiger partial charge is 0.304 e. The summed E-state index contributed by atoms with van der Waals surface area (Å²) in [6, 6.07) is 10.5. The van der Waals surface area contributed by atoms with E-state index in [-0.39, 0.29) is 6.04 Å². The Hall–Kier alpha value is -0.550. The van der Waals surface area contributed by atoms with Gasteiger partial charge in [-0.2, -0.15) is 0 Å². The lowest BCUT2D eigenvalue weighted by atomic mass is 10.2. The first kappa shape index (κ1) is 14.9. The summed E-state index contributed by atoms with van der Waals surface area (Å²) in [6.45, 7) is 5.74. The van der Waals surface area contributed by atoms with Crippen molar-refractivity contribution in [3.63, 3.8) is 0 Å². The molecule has 0 aromatic heterocycles. The van der Waals surface area contributed by atoms with Crippen LogP contribution < -0.4 is 5.73 Å². The summed E-state index contributed by atoms with van der Waals surface area (Å²) < 4.78 is 0. The maximum atomic E-state index is 8.12. The van der Waals surface area contributed by atoms with Crippen molar-refractivity contribution in [3.05, 3.63) is 30.3 Å². The van der Waals surface area contributed by atoms with Gasteiger partial charge in [0.05, 0.1) is 0 Å². The van der Waals surface area contributed by atoms with Gasteiger partial charge in [-0.1, -0.05) is 18.2 Å². The molecule has 105 valence electrons. The van der Waals surface area contributed by atoms with E-state index in [9.17, 15) is 0 Å². The Morgan fingerprint density at radius 1 is 1.16 bits per heavy atom. The molecular formula is C15H24N3S. The number of nitrogens with zero attached hydrogens (tertiary/aromatic N) is 2. The molecule has 1 aliphatic rings. The maximum absolute atomic E-state index is 8.12. The number of hydrogen-bond donors (Lipinski definition) is 0. The molecule has 0 bridgehead atoms. The number of likely N-dealkylation sites (N-methyl/N-ethyl adjacent to an activating group) is 1. The second-order valence-electron chi connectivity index (χ2n) is 5.25. The molecule has 19 heavy (non-hydrogen) atoms. The van der Waals surface area contributed by atoms with Crippen molar-refractivity contribution >= 4 is 11.8 Å². The molecule has 0 amide bonds. The average molecular weight is 278 g/mol. The SMILES string of the molecule is CN1CCN(CC[C@@H]([NH])CSc2ccccc2)CC1. The van der Waals surface area contributed by atoms with E-state index in [0.29, 0.717) is 0 Å². The average Bonchev–Trinajstić information content (AvgIpc) is 2.45. The molecule has 0 spiro atoms. The predicted octanol–water partition coefficient (Wildman–Crippen LogP) is 2.07. The minimum Gasteiger partial charge on any atom is -0.304 e. The van der Waals surface area contributed by atoms with Gasteiger partial charge < -0.3 is 9.80 Å². The van der Waals surface area contributed by atoms with Crippen molar-refractivity contribution in [1.29, 1.82) is 0 Å². The summed E-state index contributed by atoms with van der Waals surface area (Å²) in [7, 11) is 2.18. The van der Waals surface area contributed by atoms with Crippen LogP contribution in [0, 0.1) is 0 Å². The third-order valence-corrected chi connectivity index (χ3v) is 4.76. The van der Waals surface area contributed by atoms with Crippen LogP contribution in [0.3, 0.4) is 0 Å². The molecule has 1 aromatic carbocycles. The molecule has 4 heteroatoms. The summed E-state index contributed by atoms with van der Waals surface area (Å²) in [4.78, 5) is 6.15. The van der Waals surface area contributed by atoms with Crippen molar-refractivity contribution in [1.82, 2.24) is 15.5 Å². The van der Waals surface area contributed by atoms with Gasteiger partial charge in [-0.3, -0.25) is 5.73 Å². The summed E-state index contributed by atoms with van der Waals surface area (Å²) in [5.41, 5.74) is 8.12. The van der Waals surface area contributed by atoms with Crippen molar-refractivity contribution in [3.8, 4) is 0 Å². The van der Waals surface area contributed by atoms with Crippen LogP contribution in [0.25, 0.3) is 0 Å². The monoisotopic (exact) mass is 278 g/mol. The molecule has 1 fully saturated rings. The van der Waals surface area contributed by atoms with Crippen LogP contribution in [0.5, 0.6) is 0 Å². The van der Waals surface area contributed by atoms with Gasteiger partial charge in [0.15, 0.2) is 0 Å². The number of hydrogen-bond acceptors (Lipinski definition) is 3. The van der Waals surface area contributed by atoms with Crippen molar-refractivity contribution in [2.24, 2.45) is 0 Å². The molecule has 0 saturated carbocycles. The molecule has 3 nitrogen and oxygen atoms in total. The lowest BCUT2D eigenvalue weighted by Gasteiger charge is -2.32. The maximum Gasteiger partial charge on any atom is 0.0319 e. The predicted molar refractivity (Wildman–Crippen MR) is 82.6 cm³/mol. The molecule has 1 heterocycles. The van der Waals surface area contributed by atoms with Crippen LogP contribution in [0.4, 0.5) is 0 Å². The van der Waals surface area contributed by atoms with E-state index in [4.69, 9.17) is 5.73 Å². The molecule has 0 unspecified atom stereocenters. The van der Waals surface area contributed by atoms with Crippen LogP contribution in [0.2, 0.25) is 0 Å². The van der Waals surface area contributed by atoms with E-state index in [1.54, 1.807) is 11.8 Å². The van der Waals surface area contributed by atoms with Crippen molar-refractivity contribution in [2.45, 2.75) is 17.4 Å². The quantitative estimate of drug-likeness (QED) is 0.746. The van der Waals surface area contributed by atoms with E-state index in [2.05, 4.69) is 41.1 Å². The van der Waals surface area contributed by atoms with Gasteiger partial charge in [0, 0.05) is 42.9 Å². The Bertz CT molecular complexity index is 350. The Morgan fingerprint density at radius 3 is 2.53 bits per heavy atom. The van der Waals surface area contributed by atoms with E-state index in [1.165, 1.54) is 18.0 Å². The fourth-order valence-electron chi connectivity index (χ4n) is 2.21. The second-order valence-corrected chi connectivity index (χ2v) is 6.35. The Kier molecular flexibility index (Phi) is 6.17. The first-order valence-electron chi connectivity index (χ1n) is 7.04. The van der Waals surface area contributed by atoms with Gasteiger partial charge in [0.25, 0.3) is 0 Å². The fourth-order valence-corrected chi connectivity index (χ4v) is 3.12. The smallest absolute Gasteiger partial charge is 0.0319 e. The van der Waals surface area contributed by atoms with Gasteiger partial charge in [-0.15, -0.1) is 11.8 Å². The zero-order valence-electron chi connectivity index (χ0n) is 11.7. The molecule has 1 N–H and O–H groups in total. The number of thioether (sulfide) groups is 1. The second kappa shape index (κ2) is 7.90. The van der Waals surface area contributed by atoms with Crippen LogP contribution in [-0.2, 0) is 0 Å². The molecule has 1 saturated heterocycles. The zero-order chi connectivity index (χ0) is 13.5. The Morgan fingerprint density at radius 2 is 1.84 bits per heavy atom. The summed E-state index contributed by atoms with van der Waals surface area (Å²) >= 11 is 1.80. The third-order valence-electron chi connectivity index (χ3n) is 3.58. The van der Waals surface area contributed by atoms with Crippen molar-refractivity contribution < 1.29 is 0 Å². The highest BCUT2D eigenvalue weighted by Crippen LogP contribution is 2.18. The number of benzene rings is 1. The van der Waals surface area contributed by atoms with E-state index < -0.39 is 0 Å². The van der Waals surface area contributed by atoms with E-state index in [0.717, 1.165) is 31.8 Å². The van der Waals surface area contributed by atoms with Crippen LogP contribution in [0.15, 0.2) is 35.2 Å². The lowest BCUT2D eigenvalue weighted by molar-refractivity contribution is 0.151. The van der Waals surface area contributed by atoms with Crippen LogP contribution in [-0.4, -0.2) is 61.4 Å². The van der Waals surface area contributed by atoms with E-state index >= 15 is 0 Å². The summed E-state index contributed by atoms with van der Waals surface area (Å²) in [6.07, 6.45) is 0.990. The van der Waals surface area contributed by atoms with Crippen molar-refractivity contribution in [2.75, 3.05) is 45.5 Å².